The van der Waals surface area contributed by atoms with E-state index in [2.05, 4.69) is 45.0 Å². The SMILES string of the molecule is CC(C)(C)C1CCC(c2ccc(N)cc2)(c2ccc(N)cc2)CC1. The molecule has 0 atom stereocenters. The van der Waals surface area contributed by atoms with E-state index in [9.17, 15) is 0 Å². The van der Waals surface area contributed by atoms with Crippen molar-refractivity contribution in [1.29, 1.82) is 0 Å². The minimum atomic E-state index is 0.0865. The maximum Gasteiger partial charge on any atom is 0.0314 e. The summed E-state index contributed by atoms with van der Waals surface area (Å²) >= 11 is 0. The molecule has 0 bridgehead atoms. The van der Waals surface area contributed by atoms with E-state index in [1.165, 1.54) is 36.8 Å². The number of hydrogen-bond donors (Lipinski definition) is 2. The molecular formula is C22H30N2. The Kier molecular flexibility index (Phi) is 4.33. The maximum atomic E-state index is 5.92. The van der Waals surface area contributed by atoms with Gasteiger partial charge < -0.3 is 11.5 Å². The van der Waals surface area contributed by atoms with Crippen LogP contribution in [0.3, 0.4) is 0 Å². The lowest BCUT2D eigenvalue weighted by molar-refractivity contribution is 0.146. The average molecular weight is 322 g/mol. The fourth-order valence-electron chi connectivity index (χ4n) is 4.32. The Morgan fingerprint density at radius 3 is 1.46 bits per heavy atom. The first-order valence-corrected chi connectivity index (χ1v) is 9.03. The number of rotatable bonds is 2. The molecule has 0 aromatic heterocycles. The van der Waals surface area contributed by atoms with Crippen LogP contribution in [0.1, 0.15) is 57.6 Å². The molecular weight excluding hydrogens is 292 g/mol. The predicted molar refractivity (Wildman–Crippen MR) is 104 cm³/mol. The molecule has 1 saturated carbocycles. The Bertz CT molecular complexity index is 622. The Labute approximate surface area is 146 Å². The Balaban J connectivity index is 2.00. The Hall–Kier alpha value is -1.96. The fourth-order valence-corrected chi connectivity index (χ4v) is 4.32. The summed E-state index contributed by atoms with van der Waals surface area (Å²) in [5, 5.41) is 0. The lowest BCUT2D eigenvalue weighted by Gasteiger charge is -2.45. The second kappa shape index (κ2) is 6.16. The molecule has 0 spiro atoms. The second-order valence-corrected chi connectivity index (χ2v) is 8.47. The van der Waals surface area contributed by atoms with E-state index in [0.717, 1.165) is 17.3 Å². The number of benzene rings is 2. The van der Waals surface area contributed by atoms with E-state index in [1.807, 2.05) is 24.3 Å². The lowest BCUT2D eigenvalue weighted by atomic mass is 9.59. The van der Waals surface area contributed by atoms with Crippen LogP contribution in [-0.2, 0) is 5.41 Å². The van der Waals surface area contributed by atoms with Gasteiger partial charge in [0.1, 0.15) is 0 Å². The molecule has 2 aromatic carbocycles. The molecule has 0 saturated heterocycles. The summed E-state index contributed by atoms with van der Waals surface area (Å²) in [5.41, 5.74) is 16.7. The van der Waals surface area contributed by atoms with Crippen LogP contribution in [0, 0.1) is 11.3 Å². The summed E-state index contributed by atoms with van der Waals surface area (Å²) in [5.74, 6) is 0.785. The normalized spacial score (nSPS) is 18.5. The van der Waals surface area contributed by atoms with Crippen LogP contribution in [0.25, 0.3) is 0 Å². The van der Waals surface area contributed by atoms with E-state index in [0.29, 0.717) is 5.41 Å². The van der Waals surface area contributed by atoms with Crippen LogP contribution in [0.15, 0.2) is 48.5 Å². The van der Waals surface area contributed by atoms with Crippen molar-refractivity contribution in [3.63, 3.8) is 0 Å². The largest absolute Gasteiger partial charge is 0.399 e. The zero-order valence-corrected chi connectivity index (χ0v) is 15.2. The van der Waals surface area contributed by atoms with Crippen molar-refractivity contribution in [1.82, 2.24) is 0 Å². The standard InChI is InChI=1S/C22H30N2/c1-21(2,3)16-12-14-22(15-13-16,17-4-8-19(23)9-5-17)18-6-10-20(24)11-7-18/h4-11,16H,12-15,23-24H2,1-3H3. The van der Waals surface area contributed by atoms with Crippen molar-refractivity contribution < 1.29 is 0 Å². The Morgan fingerprint density at radius 1 is 0.750 bits per heavy atom. The zero-order valence-electron chi connectivity index (χ0n) is 15.2. The van der Waals surface area contributed by atoms with Gasteiger partial charge in [-0.15, -0.1) is 0 Å². The Morgan fingerprint density at radius 2 is 1.12 bits per heavy atom. The number of anilines is 2. The number of nitrogens with two attached hydrogens (primary N) is 2. The quantitative estimate of drug-likeness (QED) is 0.730. The summed E-state index contributed by atoms with van der Waals surface area (Å²) in [4.78, 5) is 0. The first-order chi connectivity index (χ1) is 11.3. The highest BCUT2D eigenvalue weighted by Gasteiger charge is 2.41. The molecule has 0 unspecified atom stereocenters. The first-order valence-electron chi connectivity index (χ1n) is 9.03. The van der Waals surface area contributed by atoms with Crippen LogP contribution in [-0.4, -0.2) is 0 Å². The summed E-state index contributed by atoms with van der Waals surface area (Å²) in [6.07, 6.45) is 4.89. The van der Waals surface area contributed by atoms with Gasteiger partial charge in [-0.1, -0.05) is 45.0 Å². The van der Waals surface area contributed by atoms with Gasteiger partial charge in [0.25, 0.3) is 0 Å². The summed E-state index contributed by atoms with van der Waals surface area (Å²) in [6.45, 7) is 7.12. The molecule has 2 nitrogen and oxygen atoms in total. The van der Waals surface area contributed by atoms with Gasteiger partial charge in [-0.25, -0.2) is 0 Å². The van der Waals surface area contributed by atoms with Gasteiger partial charge in [0.2, 0.25) is 0 Å². The van der Waals surface area contributed by atoms with Crippen LogP contribution in [0.2, 0.25) is 0 Å². The smallest absolute Gasteiger partial charge is 0.0314 e. The highest BCUT2D eigenvalue weighted by Crippen LogP contribution is 2.50. The van der Waals surface area contributed by atoms with E-state index < -0.39 is 0 Å². The fraction of sp³-hybridized carbons (Fsp3) is 0.455. The molecule has 1 fully saturated rings. The van der Waals surface area contributed by atoms with Gasteiger partial charge >= 0.3 is 0 Å². The monoisotopic (exact) mass is 322 g/mol. The molecule has 24 heavy (non-hydrogen) atoms. The second-order valence-electron chi connectivity index (χ2n) is 8.47. The molecule has 0 radical (unpaired) electrons. The highest BCUT2D eigenvalue weighted by molar-refractivity contribution is 5.49. The molecule has 2 heteroatoms. The molecule has 4 N–H and O–H groups in total. The highest BCUT2D eigenvalue weighted by atomic mass is 14.6. The third kappa shape index (κ3) is 3.15. The van der Waals surface area contributed by atoms with E-state index in [4.69, 9.17) is 11.5 Å². The molecule has 0 amide bonds. The predicted octanol–water partition coefficient (Wildman–Crippen LogP) is 5.37. The molecule has 128 valence electrons. The van der Waals surface area contributed by atoms with Crippen molar-refractivity contribution in [3.05, 3.63) is 59.7 Å². The summed E-state index contributed by atoms with van der Waals surface area (Å²) in [7, 11) is 0. The zero-order chi connectivity index (χ0) is 17.4. The maximum absolute atomic E-state index is 5.92. The van der Waals surface area contributed by atoms with Gasteiger partial charge in [-0.2, -0.15) is 0 Å². The number of hydrogen-bond acceptors (Lipinski definition) is 2. The molecule has 2 aromatic rings. The van der Waals surface area contributed by atoms with Gasteiger partial charge in [-0.3, -0.25) is 0 Å². The van der Waals surface area contributed by atoms with Crippen molar-refractivity contribution in [2.24, 2.45) is 11.3 Å². The molecule has 1 aliphatic rings. The van der Waals surface area contributed by atoms with Crippen molar-refractivity contribution in [3.8, 4) is 0 Å². The average Bonchev–Trinajstić information content (AvgIpc) is 2.55. The van der Waals surface area contributed by atoms with Gasteiger partial charge in [0, 0.05) is 16.8 Å². The van der Waals surface area contributed by atoms with Crippen LogP contribution in [0.4, 0.5) is 11.4 Å². The number of nitrogen functional groups attached to an aromatic ring is 2. The molecule has 1 aliphatic carbocycles. The van der Waals surface area contributed by atoms with E-state index >= 15 is 0 Å². The van der Waals surface area contributed by atoms with E-state index in [-0.39, 0.29) is 5.41 Å². The van der Waals surface area contributed by atoms with Gasteiger partial charge in [0.15, 0.2) is 0 Å². The topological polar surface area (TPSA) is 52.0 Å². The minimum Gasteiger partial charge on any atom is -0.399 e. The van der Waals surface area contributed by atoms with Crippen molar-refractivity contribution in [2.45, 2.75) is 51.9 Å². The summed E-state index contributed by atoms with van der Waals surface area (Å²) < 4.78 is 0. The summed E-state index contributed by atoms with van der Waals surface area (Å²) in [6, 6.07) is 17.0. The van der Waals surface area contributed by atoms with Crippen LogP contribution >= 0.6 is 0 Å². The van der Waals surface area contributed by atoms with Crippen LogP contribution in [0.5, 0.6) is 0 Å². The van der Waals surface area contributed by atoms with Crippen molar-refractivity contribution in [2.75, 3.05) is 11.5 Å². The lowest BCUT2D eigenvalue weighted by Crippen LogP contribution is -2.36. The third-order valence-electron chi connectivity index (χ3n) is 5.99. The van der Waals surface area contributed by atoms with E-state index in [1.54, 1.807) is 0 Å². The van der Waals surface area contributed by atoms with Gasteiger partial charge in [0.05, 0.1) is 0 Å². The van der Waals surface area contributed by atoms with Crippen molar-refractivity contribution >= 4 is 11.4 Å². The third-order valence-corrected chi connectivity index (χ3v) is 5.99. The molecule has 0 heterocycles. The first kappa shape index (κ1) is 16.9. The molecule has 0 aliphatic heterocycles. The molecule has 3 rings (SSSR count). The van der Waals surface area contributed by atoms with Crippen LogP contribution < -0.4 is 11.5 Å². The minimum absolute atomic E-state index is 0.0865. The van der Waals surface area contributed by atoms with Gasteiger partial charge in [-0.05, 0) is 72.4 Å².